The molecule has 0 fully saturated rings. The Balaban J connectivity index is 2.11. The molecular weight excluding hydrogens is 404 g/mol. The summed E-state index contributed by atoms with van der Waals surface area (Å²) in [6.45, 7) is 4.91. The first-order chi connectivity index (χ1) is 12.1. The van der Waals surface area contributed by atoms with Gasteiger partial charge in [-0.05, 0) is 49.9 Å². The monoisotopic (exact) mass is 424 g/mol. The van der Waals surface area contributed by atoms with E-state index in [0.717, 1.165) is 15.1 Å². The highest BCUT2D eigenvalue weighted by Gasteiger charge is 2.14. The number of thioether (sulfide) groups is 1. The van der Waals surface area contributed by atoms with Crippen molar-refractivity contribution < 1.29 is 14.3 Å². The molecule has 0 spiro atoms. The number of amides is 1. The summed E-state index contributed by atoms with van der Waals surface area (Å²) in [6.07, 6.45) is 3.83. The largest absolute Gasteiger partial charge is 0.490 e. The van der Waals surface area contributed by atoms with Crippen molar-refractivity contribution in [3.05, 3.63) is 40.5 Å². The van der Waals surface area contributed by atoms with Crippen LogP contribution in [0.2, 0.25) is 0 Å². The van der Waals surface area contributed by atoms with E-state index >= 15 is 0 Å². The second-order valence-corrected chi connectivity index (χ2v) is 6.75. The van der Waals surface area contributed by atoms with Gasteiger partial charge < -0.3 is 14.8 Å². The van der Waals surface area contributed by atoms with E-state index in [4.69, 9.17) is 9.47 Å². The normalized spacial score (nSPS) is 10.4. The van der Waals surface area contributed by atoms with Gasteiger partial charge in [0.2, 0.25) is 5.91 Å². The molecule has 0 bridgehead atoms. The lowest BCUT2D eigenvalue weighted by Gasteiger charge is -2.14. The van der Waals surface area contributed by atoms with Gasteiger partial charge in [0, 0.05) is 4.47 Å². The third-order valence-corrected chi connectivity index (χ3v) is 4.69. The van der Waals surface area contributed by atoms with Gasteiger partial charge in [0.15, 0.2) is 11.5 Å². The van der Waals surface area contributed by atoms with Gasteiger partial charge in [-0.3, -0.25) is 4.79 Å². The molecule has 5 nitrogen and oxygen atoms in total. The second-order valence-electron chi connectivity index (χ2n) is 5.07. The zero-order valence-corrected chi connectivity index (χ0v) is 16.9. The minimum atomic E-state index is -0.119. The Hall–Kier alpha value is -1.73. The lowest BCUT2D eigenvalue weighted by atomic mass is 10.1. The van der Waals surface area contributed by atoms with Crippen molar-refractivity contribution in [3.8, 4) is 11.5 Å². The number of carbonyl (C=O) groups excluding carboxylic acids is 1. The van der Waals surface area contributed by atoms with Crippen LogP contribution in [-0.4, -0.2) is 30.4 Å². The Morgan fingerprint density at radius 2 is 1.88 bits per heavy atom. The van der Waals surface area contributed by atoms with Gasteiger partial charge in [-0.2, -0.15) is 0 Å². The van der Waals surface area contributed by atoms with Gasteiger partial charge >= 0.3 is 0 Å². The molecule has 1 heterocycles. The molecule has 0 saturated heterocycles. The summed E-state index contributed by atoms with van der Waals surface area (Å²) in [5.41, 5.74) is 1.51. The number of aromatic nitrogens is 1. The van der Waals surface area contributed by atoms with E-state index in [1.807, 2.05) is 44.4 Å². The van der Waals surface area contributed by atoms with E-state index in [2.05, 4.69) is 26.2 Å². The fourth-order valence-corrected chi connectivity index (χ4v) is 3.03. The lowest BCUT2D eigenvalue weighted by molar-refractivity contribution is -0.115. The fraction of sp³-hybridized carbons (Fsp3) is 0.333. The van der Waals surface area contributed by atoms with Crippen molar-refractivity contribution in [1.82, 2.24) is 4.98 Å². The first kappa shape index (κ1) is 19.6. The molecular formula is C18H21BrN2O3S. The summed E-state index contributed by atoms with van der Waals surface area (Å²) in [4.78, 5) is 16.6. The second kappa shape index (κ2) is 9.68. The van der Waals surface area contributed by atoms with Crippen LogP contribution in [0.5, 0.6) is 11.5 Å². The number of carbonyl (C=O) groups is 1. The number of nitrogens with zero attached hydrogens (tertiary/aromatic N) is 1. The molecule has 0 aliphatic heterocycles. The first-order valence-electron chi connectivity index (χ1n) is 7.95. The zero-order valence-electron chi connectivity index (χ0n) is 14.5. The van der Waals surface area contributed by atoms with Gasteiger partial charge in [-0.25, -0.2) is 4.98 Å². The molecule has 134 valence electrons. The number of ether oxygens (including phenoxy) is 2. The van der Waals surface area contributed by atoms with Crippen molar-refractivity contribution in [2.45, 2.75) is 25.3 Å². The molecule has 0 saturated carbocycles. The zero-order chi connectivity index (χ0) is 18.2. The van der Waals surface area contributed by atoms with Gasteiger partial charge in [0.25, 0.3) is 0 Å². The van der Waals surface area contributed by atoms with E-state index in [0.29, 0.717) is 30.4 Å². The van der Waals surface area contributed by atoms with Gasteiger partial charge in [-0.1, -0.05) is 15.9 Å². The average molecular weight is 425 g/mol. The molecule has 1 aromatic carbocycles. The van der Waals surface area contributed by atoms with Gasteiger partial charge in [0.05, 0.1) is 36.5 Å². The molecule has 0 radical (unpaired) electrons. The van der Waals surface area contributed by atoms with Crippen LogP contribution < -0.4 is 14.8 Å². The van der Waals surface area contributed by atoms with Crippen LogP contribution in [0.3, 0.4) is 0 Å². The predicted octanol–water partition coefficient (Wildman–Crippen LogP) is 4.54. The quantitative estimate of drug-likeness (QED) is 0.629. The van der Waals surface area contributed by atoms with E-state index in [1.165, 1.54) is 0 Å². The molecule has 0 aliphatic carbocycles. The van der Waals surface area contributed by atoms with Crippen LogP contribution in [0.1, 0.15) is 19.4 Å². The Labute approximate surface area is 160 Å². The summed E-state index contributed by atoms with van der Waals surface area (Å²) in [5, 5.41) is 3.77. The van der Waals surface area contributed by atoms with Crippen molar-refractivity contribution in [2.75, 3.05) is 24.8 Å². The molecule has 0 aliphatic rings. The number of hydrogen-bond acceptors (Lipinski definition) is 5. The Bertz CT molecular complexity index is 723. The van der Waals surface area contributed by atoms with Crippen LogP contribution in [0.15, 0.2) is 40.0 Å². The number of rotatable bonds is 8. The summed E-state index contributed by atoms with van der Waals surface area (Å²) in [5.74, 6) is 1.18. The van der Waals surface area contributed by atoms with E-state index in [1.54, 1.807) is 18.0 Å². The number of nitrogens with one attached hydrogen (secondary N) is 1. The molecule has 1 N–H and O–H groups in total. The number of halogens is 1. The van der Waals surface area contributed by atoms with Crippen molar-refractivity contribution in [3.63, 3.8) is 0 Å². The molecule has 7 heteroatoms. The Morgan fingerprint density at radius 1 is 1.20 bits per heavy atom. The predicted molar refractivity (Wildman–Crippen MR) is 105 cm³/mol. The third-order valence-electron chi connectivity index (χ3n) is 3.29. The topological polar surface area (TPSA) is 60.5 Å². The van der Waals surface area contributed by atoms with Crippen LogP contribution in [-0.2, 0) is 11.2 Å². The Kier molecular flexibility index (Phi) is 7.58. The van der Waals surface area contributed by atoms with Crippen molar-refractivity contribution in [2.24, 2.45) is 0 Å². The first-order valence-corrected chi connectivity index (χ1v) is 9.97. The number of anilines is 1. The van der Waals surface area contributed by atoms with Gasteiger partial charge in [-0.15, -0.1) is 11.8 Å². The number of pyridine rings is 1. The highest BCUT2D eigenvalue weighted by atomic mass is 79.9. The minimum Gasteiger partial charge on any atom is -0.490 e. The lowest BCUT2D eigenvalue weighted by Crippen LogP contribution is -2.15. The smallest absolute Gasteiger partial charge is 0.228 e. The Morgan fingerprint density at radius 3 is 2.44 bits per heavy atom. The molecule has 2 aromatic rings. The third kappa shape index (κ3) is 5.64. The number of benzene rings is 1. The summed E-state index contributed by atoms with van der Waals surface area (Å²) in [7, 11) is 0. The summed E-state index contributed by atoms with van der Waals surface area (Å²) in [6, 6.07) is 7.40. The summed E-state index contributed by atoms with van der Waals surface area (Å²) < 4.78 is 12.0. The molecule has 1 amide bonds. The summed E-state index contributed by atoms with van der Waals surface area (Å²) >= 11 is 5.06. The van der Waals surface area contributed by atoms with Crippen LogP contribution >= 0.6 is 27.7 Å². The van der Waals surface area contributed by atoms with Crippen molar-refractivity contribution in [1.29, 1.82) is 0 Å². The van der Waals surface area contributed by atoms with E-state index in [9.17, 15) is 4.79 Å². The van der Waals surface area contributed by atoms with Crippen LogP contribution in [0.25, 0.3) is 0 Å². The van der Waals surface area contributed by atoms with E-state index in [-0.39, 0.29) is 12.3 Å². The molecule has 0 unspecified atom stereocenters. The maximum absolute atomic E-state index is 12.3. The molecule has 0 atom stereocenters. The highest BCUT2D eigenvalue weighted by molar-refractivity contribution is 9.10. The van der Waals surface area contributed by atoms with Crippen molar-refractivity contribution >= 4 is 39.3 Å². The van der Waals surface area contributed by atoms with Crippen LogP contribution in [0, 0.1) is 0 Å². The maximum Gasteiger partial charge on any atom is 0.228 e. The molecule has 2 rings (SSSR count). The molecule has 25 heavy (non-hydrogen) atoms. The van der Waals surface area contributed by atoms with Gasteiger partial charge in [0.1, 0.15) is 0 Å². The standard InChI is InChI=1S/C18H21BrN2O3S/c1-4-23-15-8-12(14(19)10-16(15)24-5-2)9-17(22)21-13-6-7-18(25-3)20-11-13/h6-8,10-11H,4-5,9H2,1-3H3,(H,21,22). The molecule has 1 aromatic heterocycles. The average Bonchev–Trinajstić information content (AvgIpc) is 2.60. The highest BCUT2D eigenvalue weighted by Crippen LogP contribution is 2.34. The maximum atomic E-state index is 12.3. The van der Waals surface area contributed by atoms with E-state index < -0.39 is 0 Å². The minimum absolute atomic E-state index is 0.119. The fourth-order valence-electron chi connectivity index (χ4n) is 2.20. The SMILES string of the molecule is CCOc1cc(Br)c(CC(=O)Nc2ccc(SC)nc2)cc1OCC. The number of hydrogen-bond donors (Lipinski definition) is 1. The van der Waals surface area contributed by atoms with Crippen LogP contribution in [0.4, 0.5) is 5.69 Å².